The second-order valence-electron chi connectivity index (χ2n) is 3.74. The van der Waals surface area contributed by atoms with E-state index in [0.717, 1.165) is 13.0 Å². The monoisotopic (exact) mass is 167 g/mol. The van der Waals surface area contributed by atoms with Crippen molar-refractivity contribution >= 4 is 5.69 Å². The van der Waals surface area contributed by atoms with Crippen LogP contribution in [0.4, 0.5) is 5.69 Å². The summed E-state index contributed by atoms with van der Waals surface area (Å²) in [5.41, 5.74) is 6.19. The highest BCUT2D eigenvalue weighted by Crippen LogP contribution is 2.31. The van der Waals surface area contributed by atoms with Crippen LogP contribution < -0.4 is 10.5 Å². The molecule has 1 aliphatic heterocycles. The second-order valence-corrected chi connectivity index (χ2v) is 3.74. The Labute approximate surface area is 71.3 Å². The highest BCUT2D eigenvalue weighted by atomic mass is 16.5. The third-order valence-corrected chi connectivity index (χ3v) is 2.12. The molecule has 1 aromatic rings. The predicted molar refractivity (Wildman–Crippen MR) is 46.0 cm³/mol. The molecule has 0 fully saturated rings. The lowest BCUT2D eigenvalue weighted by Crippen LogP contribution is -2.35. The normalized spacial score (nSPS) is 19.8. The molecule has 0 amide bonds. The van der Waals surface area contributed by atoms with Crippen LogP contribution in [-0.2, 0) is 6.54 Å². The van der Waals surface area contributed by atoms with Gasteiger partial charge in [-0.05, 0) is 13.8 Å². The molecule has 0 saturated carbocycles. The summed E-state index contributed by atoms with van der Waals surface area (Å²) < 4.78 is 7.47. The fourth-order valence-electron chi connectivity index (χ4n) is 1.35. The molecule has 2 rings (SSSR count). The molecule has 0 radical (unpaired) electrons. The van der Waals surface area contributed by atoms with Gasteiger partial charge in [0.1, 0.15) is 11.3 Å². The highest BCUT2D eigenvalue weighted by Gasteiger charge is 2.28. The van der Waals surface area contributed by atoms with E-state index in [9.17, 15) is 0 Å². The lowest BCUT2D eigenvalue weighted by molar-refractivity contribution is 0.0544. The first-order valence-corrected chi connectivity index (χ1v) is 4.09. The average molecular weight is 167 g/mol. The van der Waals surface area contributed by atoms with Crippen molar-refractivity contribution < 1.29 is 4.74 Å². The Balaban J connectivity index is 2.38. The quantitative estimate of drug-likeness (QED) is 0.627. The van der Waals surface area contributed by atoms with E-state index < -0.39 is 0 Å². The lowest BCUT2D eigenvalue weighted by Gasteiger charge is -2.31. The van der Waals surface area contributed by atoms with Crippen LogP contribution in [0.5, 0.6) is 5.88 Å². The number of nitrogens with zero attached hydrogens (tertiary/aromatic N) is 2. The minimum Gasteiger partial charge on any atom is -0.470 e. The molecule has 0 atom stereocenters. The van der Waals surface area contributed by atoms with Gasteiger partial charge in [0, 0.05) is 13.0 Å². The van der Waals surface area contributed by atoms with Gasteiger partial charge in [-0.25, -0.2) is 4.68 Å². The molecule has 66 valence electrons. The van der Waals surface area contributed by atoms with Crippen molar-refractivity contribution in [2.24, 2.45) is 0 Å². The van der Waals surface area contributed by atoms with Crippen molar-refractivity contribution in [2.75, 3.05) is 5.73 Å². The molecule has 0 saturated heterocycles. The molecule has 4 nitrogen and oxygen atoms in total. The number of aromatic nitrogens is 2. The Kier molecular flexibility index (Phi) is 1.34. The van der Waals surface area contributed by atoms with Crippen LogP contribution in [0.2, 0.25) is 0 Å². The van der Waals surface area contributed by atoms with Gasteiger partial charge in [0.15, 0.2) is 0 Å². The van der Waals surface area contributed by atoms with E-state index in [1.54, 1.807) is 10.9 Å². The Hall–Kier alpha value is -1.19. The van der Waals surface area contributed by atoms with Crippen molar-refractivity contribution in [3.8, 4) is 5.88 Å². The van der Waals surface area contributed by atoms with Crippen molar-refractivity contribution in [1.82, 2.24) is 9.78 Å². The van der Waals surface area contributed by atoms with Gasteiger partial charge in [0.05, 0.1) is 6.20 Å². The molecule has 2 heterocycles. The fraction of sp³-hybridized carbons (Fsp3) is 0.625. The average Bonchev–Trinajstić information content (AvgIpc) is 2.31. The Morgan fingerprint density at radius 3 is 3.17 bits per heavy atom. The van der Waals surface area contributed by atoms with Gasteiger partial charge in [0.2, 0.25) is 5.88 Å². The topological polar surface area (TPSA) is 53.1 Å². The van der Waals surface area contributed by atoms with E-state index in [2.05, 4.69) is 18.9 Å². The number of fused-ring (bicyclic) bond motifs is 1. The van der Waals surface area contributed by atoms with Crippen molar-refractivity contribution in [3.63, 3.8) is 0 Å². The summed E-state index contributed by atoms with van der Waals surface area (Å²) in [6, 6.07) is 0. The van der Waals surface area contributed by atoms with Gasteiger partial charge < -0.3 is 10.5 Å². The van der Waals surface area contributed by atoms with Gasteiger partial charge in [-0.2, -0.15) is 5.10 Å². The number of ether oxygens (including phenoxy) is 1. The smallest absolute Gasteiger partial charge is 0.236 e. The third kappa shape index (κ3) is 1.03. The van der Waals surface area contributed by atoms with E-state index in [1.807, 2.05) is 0 Å². The number of nitrogens with two attached hydrogens (primary N) is 1. The van der Waals surface area contributed by atoms with Crippen LogP contribution >= 0.6 is 0 Å². The van der Waals surface area contributed by atoms with Gasteiger partial charge >= 0.3 is 0 Å². The van der Waals surface area contributed by atoms with Crippen LogP contribution in [0.15, 0.2) is 6.20 Å². The van der Waals surface area contributed by atoms with E-state index in [0.29, 0.717) is 11.6 Å². The molecular weight excluding hydrogens is 154 g/mol. The number of anilines is 1. The molecule has 0 aromatic carbocycles. The molecule has 0 aliphatic carbocycles. The molecule has 0 spiro atoms. The first-order valence-electron chi connectivity index (χ1n) is 4.09. The van der Waals surface area contributed by atoms with Crippen LogP contribution in [0.1, 0.15) is 20.3 Å². The summed E-state index contributed by atoms with van der Waals surface area (Å²) in [7, 11) is 0. The molecule has 1 aliphatic rings. The summed E-state index contributed by atoms with van der Waals surface area (Å²) >= 11 is 0. The first kappa shape index (κ1) is 7.46. The minimum absolute atomic E-state index is 0.107. The highest BCUT2D eigenvalue weighted by molar-refractivity contribution is 5.47. The molecular formula is C8H13N3O. The Morgan fingerprint density at radius 2 is 2.42 bits per heavy atom. The maximum atomic E-state index is 5.67. The number of aryl methyl sites for hydroxylation is 1. The minimum atomic E-state index is -0.107. The van der Waals surface area contributed by atoms with Gasteiger partial charge in [-0.3, -0.25) is 0 Å². The molecule has 0 unspecified atom stereocenters. The Morgan fingerprint density at radius 1 is 1.67 bits per heavy atom. The van der Waals surface area contributed by atoms with Gasteiger partial charge in [-0.15, -0.1) is 0 Å². The summed E-state index contributed by atoms with van der Waals surface area (Å²) in [5, 5.41) is 4.09. The summed E-state index contributed by atoms with van der Waals surface area (Å²) in [6.45, 7) is 5.01. The van der Waals surface area contributed by atoms with Crippen molar-refractivity contribution in [2.45, 2.75) is 32.4 Å². The zero-order valence-electron chi connectivity index (χ0n) is 7.37. The molecule has 4 heteroatoms. The predicted octanol–water partition coefficient (Wildman–Crippen LogP) is 1.03. The Bertz CT molecular complexity index is 303. The van der Waals surface area contributed by atoms with Crippen LogP contribution in [0, 0.1) is 0 Å². The third-order valence-electron chi connectivity index (χ3n) is 2.12. The molecule has 0 bridgehead atoms. The van der Waals surface area contributed by atoms with Gasteiger partial charge in [0.25, 0.3) is 0 Å². The van der Waals surface area contributed by atoms with Crippen molar-refractivity contribution in [1.29, 1.82) is 0 Å². The fourth-order valence-corrected chi connectivity index (χ4v) is 1.35. The maximum absolute atomic E-state index is 5.67. The largest absolute Gasteiger partial charge is 0.470 e. The van der Waals surface area contributed by atoms with E-state index in [-0.39, 0.29) is 5.60 Å². The zero-order chi connectivity index (χ0) is 8.77. The number of hydrogen-bond donors (Lipinski definition) is 1. The van der Waals surface area contributed by atoms with E-state index in [4.69, 9.17) is 10.5 Å². The lowest BCUT2D eigenvalue weighted by atomic mass is 10.0. The summed E-state index contributed by atoms with van der Waals surface area (Å²) in [4.78, 5) is 0. The molecule has 2 N–H and O–H groups in total. The van der Waals surface area contributed by atoms with E-state index in [1.165, 1.54) is 0 Å². The van der Waals surface area contributed by atoms with Crippen LogP contribution in [0.25, 0.3) is 0 Å². The zero-order valence-corrected chi connectivity index (χ0v) is 7.37. The summed E-state index contributed by atoms with van der Waals surface area (Å²) in [5.74, 6) is 0.714. The van der Waals surface area contributed by atoms with Crippen LogP contribution in [-0.4, -0.2) is 15.4 Å². The molecule has 1 aromatic heterocycles. The van der Waals surface area contributed by atoms with E-state index >= 15 is 0 Å². The summed E-state index contributed by atoms with van der Waals surface area (Å²) in [6.07, 6.45) is 2.61. The van der Waals surface area contributed by atoms with Crippen molar-refractivity contribution in [3.05, 3.63) is 6.20 Å². The first-order chi connectivity index (χ1) is 5.58. The number of nitrogen functional groups attached to an aromatic ring is 1. The number of hydrogen-bond acceptors (Lipinski definition) is 3. The van der Waals surface area contributed by atoms with Crippen LogP contribution in [0.3, 0.4) is 0 Å². The molecule has 12 heavy (non-hydrogen) atoms. The number of rotatable bonds is 0. The standard InChI is InChI=1S/C8H13N3O/c1-8(2)3-4-11-7(12-8)6(9)5-10-11/h5H,3-4,9H2,1-2H3. The second kappa shape index (κ2) is 2.15. The van der Waals surface area contributed by atoms with Gasteiger partial charge in [-0.1, -0.05) is 0 Å². The maximum Gasteiger partial charge on any atom is 0.236 e. The SMILES string of the molecule is CC1(C)CCn2ncc(N)c2O1.